The monoisotopic (exact) mass is 210 g/mol. The van der Waals surface area contributed by atoms with Gasteiger partial charge in [0.05, 0.1) is 25.6 Å². The minimum absolute atomic E-state index is 0.0180. The summed E-state index contributed by atoms with van der Waals surface area (Å²) in [7, 11) is 0. The highest BCUT2D eigenvalue weighted by Crippen LogP contribution is 2.04. The fourth-order valence-corrected chi connectivity index (χ4v) is 1.18. The van der Waals surface area contributed by atoms with E-state index in [1.165, 1.54) is 12.5 Å². The molecule has 82 valence electrons. The Morgan fingerprint density at radius 2 is 2.20 bits per heavy atom. The molecule has 0 N–H and O–H groups in total. The number of esters is 1. The van der Waals surface area contributed by atoms with Crippen LogP contribution in [0, 0.1) is 0 Å². The third-order valence-corrected chi connectivity index (χ3v) is 1.89. The summed E-state index contributed by atoms with van der Waals surface area (Å²) in [5.74, 6) is -0.303. The zero-order valence-corrected chi connectivity index (χ0v) is 8.69. The zero-order chi connectivity index (χ0) is 11.1. The van der Waals surface area contributed by atoms with E-state index in [-0.39, 0.29) is 24.6 Å². The van der Waals surface area contributed by atoms with Crippen molar-refractivity contribution in [3.8, 4) is 0 Å². The van der Waals surface area contributed by atoms with E-state index in [0.717, 1.165) is 5.56 Å². The van der Waals surface area contributed by atoms with Gasteiger partial charge in [-0.25, -0.2) is 0 Å². The maximum Gasteiger partial charge on any atom is 0.306 e. The Bertz CT molecular complexity index is 313. The van der Waals surface area contributed by atoms with Crippen molar-refractivity contribution >= 4 is 11.8 Å². The number of furan rings is 1. The average Bonchev–Trinajstić information content (AvgIpc) is 2.68. The molecule has 0 spiro atoms. The van der Waals surface area contributed by atoms with Gasteiger partial charge in [-0.15, -0.1) is 0 Å². The maximum atomic E-state index is 11.4. The molecule has 4 nitrogen and oxygen atoms in total. The molecule has 0 fully saturated rings. The van der Waals surface area contributed by atoms with Crippen LogP contribution in [-0.2, 0) is 20.7 Å². The first-order chi connectivity index (χ1) is 7.22. The molecule has 1 aromatic heterocycles. The van der Waals surface area contributed by atoms with Gasteiger partial charge in [0.2, 0.25) is 0 Å². The Morgan fingerprint density at radius 1 is 1.40 bits per heavy atom. The number of hydrogen-bond acceptors (Lipinski definition) is 4. The maximum absolute atomic E-state index is 11.4. The van der Waals surface area contributed by atoms with Gasteiger partial charge < -0.3 is 9.15 Å². The number of rotatable bonds is 6. The summed E-state index contributed by atoms with van der Waals surface area (Å²) < 4.78 is 9.55. The van der Waals surface area contributed by atoms with E-state index in [9.17, 15) is 9.59 Å². The first kappa shape index (κ1) is 11.5. The highest BCUT2D eigenvalue weighted by atomic mass is 16.5. The third kappa shape index (κ3) is 4.44. The van der Waals surface area contributed by atoms with Crippen molar-refractivity contribution in [2.24, 2.45) is 0 Å². The summed E-state index contributed by atoms with van der Waals surface area (Å²) >= 11 is 0. The summed E-state index contributed by atoms with van der Waals surface area (Å²) in [6, 6.07) is 1.74. The summed E-state index contributed by atoms with van der Waals surface area (Å²) in [6.07, 6.45) is 3.75. The Hall–Kier alpha value is -1.58. The van der Waals surface area contributed by atoms with Crippen LogP contribution in [-0.4, -0.2) is 18.4 Å². The lowest BCUT2D eigenvalue weighted by Gasteiger charge is -2.00. The van der Waals surface area contributed by atoms with Crippen LogP contribution in [0.2, 0.25) is 0 Å². The lowest BCUT2D eigenvalue weighted by molar-refractivity contribution is -0.144. The molecule has 0 unspecified atom stereocenters. The largest absolute Gasteiger partial charge is 0.472 e. The molecule has 1 rings (SSSR count). The lowest BCUT2D eigenvalue weighted by Crippen LogP contribution is -2.09. The fourth-order valence-electron chi connectivity index (χ4n) is 1.18. The Balaban J connectivity index is 2.22. The molecule has 15 heavy (non-hydrogen) atoms. The van der Waals surface area contributed by atoms with Gasteiger partial charge in [-0.3, -0.25) is 9.59 Å². The molecule has 0 saturated carbocycles. The van der Waals surface area contributed by atoms with Gasteiger partial charge in [0.15, 0.2) is 0 Å². The second-order valence-electron chi connectivity index (χ2n) is 3.15. The Morgan fingerprint density at radius 3 is 2.80 bits per heavy atom. The molecule has 0 amide bonds. The molecular weight excluding hydrogens is 196 g/mol. The fraction of sp³-hybridized carbons (Fsp3) is 0.455. The quantitative estimate of drug-likeness (QED) is 0.671. The molecule has 0 radical (unpaired) electrons. The van der Waals surface area contributed by atoms with Crippen LogP contribution in [0.3, 0.4) is 0 Å². The average molecular weight is 210 g/mol. The molecule has 0 aliphatic rings. The molecule has 0 bridgehead atoms. The highest BCUT2D eigenvalue weighted by Gasteiger charge is 2.08. The smallest absolute Gasteiger partial charge is 0.306 e. The van der Waals surface area contributed by atoms with Crippen LogP contribution in [0.25, 0.3) is 0 Å². The van der Waals surface area contributed by atoms with Gasteiger partial charge in [0, 0.05) is 12.8 Å². The Labute approximate surface area is 88.2 Å². The van der Waals surface area contributed by atoms with Gasteiger partial charge in [-0.2, -0.15) is 0 Å². The molecule has 0 aliphatic heterocycles. The van der Waals surface area contributed by atoms with E-state index < -0.39 is 0 Å². The molecule has 4 heteroatoms. The molecule has 1 aromatic rings. The zero-order valence-electron chi connectivity index (χ0n) is 8.69. The van der Waals surface area contributed by atoms with Crippen molar-refractivity contribution in [2.45, 2.75) is 26.2 Å². The van der Waals surface area contributed by atoms with Crippen LogP contribution in [0.5, 0.6) is 0 Å². The summed E-state index contributed by atoms with van der Waals surface area (Å²) in [5.41, 5.74) is 0.837. The van der Waals surface area contributed by atoms with Gasteiger partial charge in [0.25, 0.3) is 0 Å². The lowest BCUT2D eigenvalue weighted by atomic mass is 10.1. The number of ketones is 1. The number of ether oxygens (including phenoxy) is 1. The number of hydrogen-bond donors (Lipinski definition) is 0. The molecule has 0 atom stereocenters. The van der Waals surface area contributed by atoms with Crippen molar-refractivity contribution in [2.75, 3.05) is 6.61 Å². The van der Waals surface area contributed by atoms with E-state index in [0.29, 0.717) is 13.0 Å². The first-order valence-corrected chi connectivity index (χ1v) is 4.90. The van der Waals surface area contributed by atoms with Crippen LogP contribution in [0.15, 0.2) is 23.0 Å². The predicted octanol–water partition coefficient (Wildman–Crippen LogP) is 1.73. The molecule has 0 aromatic carbocycles. The standard InChI is InChI=1S/C11H14O4/c1-2-15-11(13)4-3-10(12)7-9-5-6-14-8-9/h5-6,8H,2-4,7H2,1H3. The van der Waals surface area contributed by atoms with E-state index in [4.69, 9.17) is 9.15 Å². The van der Waals surface area contributed by atoms with Gasteiger partial charge in [0.1, 0.15) is 5.78 Å². The second-order valence-corrected chi connectivity index (χ2v) is 3.15. The normalized spacial score (nSPS) is 9.93. The van der Waals surface area contributed by atoms with E-state index >= 15 is 0 Å². The summed E-state index contributed by atoms with van der Waals surface area (Å²) in [5, 5.41) is 0. The molecule has 0 aliphatic carbocycles. The van der Waals surface area contributed by atoms with E-state index in [1.54, 1.807) is 13.0 Å². The Kier molecular flexibility index (Phi) is 4.60. The van der Waals surface area contributed by atoms with Gasteiger partial charge in [-0.1, -0.05) is 0 Å². The summed E-state index contributed by atoms with van der Waals surface area (Å²) in [6.45, 7) is 2.10. The number of carbonyl (C=O) groups excluding carboxylic acids is 2. The second kappa shape index (κ2) is 6.01. The van der Waals surface area contributed by atoms with Crippen molar-refractivity contribution in [3.63, 3.8) is 0 Å². The molecule has 0 saturated heterocycles. The topological polar surface area (TPSA) is 56.5 Å². The van der Waals surface area contributed by atoms with Crippen LogP contribution in [0.4, 0.5) is 0 Å². The molecule has 1 heterocycles. The van der Waals surface area contributed by atoms with E-state index in [2.05, 4.69) is 0 Å². The predicted molar refractivity (Wildman–Crippen MR) is 53.3 cm³/mol. The van der Waals surface area contributed by atoms with Crippen LogP contribution in [0.1, 0.15) is 25.3 Å². The van der Waals surface area contributed by atoms with Crippen molar-refractivity contribution in [1.82, 2.24) is 0 Å². The van der Waals surface area contributed by atoms with Gasteiger partial charge in [-0.05, 0) is 18.6 Å². The third-order valence-electron chi connectivity index (χ3n) is 1.89. The SMILES string of the molecule is CCOC(=O)CCC(=O)Cc1ccoc1. The molecular formula is C11H14O4. The minimum Gasteiger partial charge on any atom is -0.472 e. The number of Topliss-reactive ketones (excluding diaryl/α,β-unsaturated/α-hetero) is 1. The van der Waals surface area contributed by atoms with Crippen LogP contribution < -0.4 is 0 Å². The highest BCUT2D eigenvalue weighted by molar-refractivity contribution is 5.84. The van der Waals surface area contributed by atoms with Gasteiger partial charge >= 0.3 is 5.97 Å². The van der Waals surface area contributed by atoms with Crippen LogP contribution >= 0.6 is 0 Å². The van der Waals surface area contributed by atoms with Crippen molar-refractivity contribution in [1.29, 1.82) is 0 Å². The van der Waals surface area contributed by atoms with Crippen molar-refractivity contribution < 1.29 is 18.7 Å². The van der Waals surface area contributed by atoms with E-state index in [1.807, 2.05) is 0 Å². The first-order valence-electron chi connectivity index (χ1n) is 4.90. The summed E-state index contributed by atoms with van der Waals surface area (Å²) in [4.78, 5) is 22.3. The minimum atomic E-state index is -0.321. The van der Waals surface area contributed by atoms with Crippen molar-refractivity contribution in [3.05, 3.63) is 24.2 Å². The number of carbonyl (C=O) groups is 2.